The van der Waals surface area contributed by atoms with Crippen molar-refractivity contribution < 1.29 is 13.2 Å². The topological polar surface area (TPSA) is 66.5 Å². The minimum absolute atomic E-state index is 0.0382. The maximum Gasteiger partial charge on any atom is 0.248 e. The number of nitrogens with one attached hydrogen (secondary N) is 1. The molecule has 1 atom stereocenters. The molecule has 2 aliphatic rings. The van der Waals surface area contributed by atoms with E-state index in [1.165, 1.54) is 0 Å². The van der Waals surface area contributed by atoms with Crippen molar-refractivity contribution >= 4 is 50.3 Å². The highest BCUT2D eigenvalue weighted by molar-refractivity contribution is 7.91. The molecule has 0 saturated carbocycles. The molecule has 0 aromatic heterocycles. The van der Waals surface area contributed by atoms with E-state index >= 15 is 0 Å². The first-order valence-corrected chi connectivity index (χ1v) is 8.22. The second kappa shape index (κ2) is 4.26. The van der Waals surface area contributed by atoms with Crippen LogP contribution in [0.15, 0.2) is 12.1 Å². The molecule has 2 aliphatic heterocycles. The Bertz CT molecular complexity index is 675. The van der Waals surface area contributed by atoms with Crippen molar-refractivity contribution in [3.8, 4) is 0 Å². The van der Waals surface area contributed by atoms with Crippen LogP contribution >= 0.6 is 23.2 Å². The third-order valence-corrected chi connectivity index (χ3v) is 5.69. The van der Waals surface area contributed by atoms with E-state index in [2.05, 4.69) is 5.32 Å². The van der Waals surface area contributed by atoms with Gasteiger partial charge in [0.15, 0.2) is 9.84 Å². The molecule has 1 fully saturated rings. The van der Waals surface area contributed by atoms with Crippen LogP contribution in [0.2, 0.25) is 10.0 Å². The first-order valence-electron chi connectivity index (χ1n) is 5.64. The number of benzene rings is 1. The number of rotatable bonds is 0. The summed E-state index contributed by atoms with van der Waals surface area (Å²) in [5.74, 6) is -0.455. The lowest BCUT2D eigenvalue weighted by molar-refractivity contribution is -0.117. The van der Waals surface area contributed by atoms with E-state index in [0.717, 1.165) is 0 Å². The number of anilines is 2. The molecule has 102 valence electrons. The van der Waals surface area contributed by atoms with Gasteiger partial charge in [0.05, 0.1) is 32.9 Å². The Labute approximate surface area is 120 Å². The Morgan fingerprint density at radius 2 is 1.95 bits per heavy atom. The number of carbonyl (C=O) groups excluding carboxylic acids is 1. The largest absolute Gasteiger partial charge is 0.356 e. The van der Waals surface area contributed by atoms with Gasteiger partial charge < -0.3 is 10.2 Å². The molecule has 1 unspecified atom stereocenters. The van der Waals surface area contributed by atoms with Crippen LogP contribution in [0.3, 0.4) is 0 Å². The van der Waals surface area contributed by atoms with Crippen LogP contribution in [0.1, 0.15) is 0 Å². The lowest BCUT2D eigenvalue weighted by Crippen LogP contribution is -2.56. The number of halogens is 2. The molecule has 0 radical (unpaired) electrons. The van der Waals surface area contributed by atoms with Crippen LogP contribution in [0.5, 0.6) is 0 Å². The second-order valence-electron chi connectivity index (χ2n) is 4.60. The highest BCUT2D eigenvalue weighted by Gasteiger charge is 2.40. The van der Waals surface area contributed by atoms with Gasteiger partial charge in [-0.25, -0.2) is 8.42 Å². The number of hydrogen-bond donors (Lipinski definition) is 1. The maximum absolute atomic E-state index is 12.0. The summed E-state index contributed by atoms with van der Waals surface area (Å²) in [5.41, 5.74) is 1.28. The van der Waals surface area contributed by atoms with Crippen molar-refractivity contribution in [2.75, 3.05) is 28.3 Å². The minimum Gasteiger partial charge on any atom is -0.356 e. The molecule has 1 saturated heterocycles. The van der Waals surface area contributed by atoms with Gasteiger partial charge in [-0.1, -0.05) is 23.2 Å². The molecule has 1 amide bonds. The monoisotopic (exact) mass is 320 g/mol. The Morgan fingerprint density at radius 1 is 1.26 bits per heavy atom. The van der Waals surface area contributed by atoms with E-state index < -0.39 is 15.9 Å². The van der Waals surface area contributed by atoms with Crippen molar-refractivity contribution in [2.45, 2.75) is 6.04 Å². The lowest BCUT2D eigenvalue weighted by atomic mass is 10.1. The SMILES string of the molecule is O=C1Nc2cc(Cl)c(Cl)cc2N2CCS(=O)(=O)CC12. The van der Waals surface area contributed by atoms with Crippen molar-refractivity contribution in [1.82, 2.24) is 0 Å². The summed E-state index contributed by atoms with van der Waals surface area (Å²) >= 11 is 11.9. The van der Waals surface area contributed by atoms with Crippen LogP contribution in [-0.2, 0) is 14.6 Å². The van der Waals surface area contributed by atoms with Crippen LogP contribution in [0.4, 0.5) is 11.4 Å². The molecule has 2 heterocycles. The summed E-state index contributed by atoms with van der Waals surface area (Å²) in [6.07, 6.45) is 0. The molecule has 0 aliphatic carbocycles. The number of sulfone groups is 1. The fourth-order valence-corrected chi connectivity index (χ4v) is 4.18. The van der Waals surface area contributed by atoms with Gasteiger partial charge >= 0.3 is 0 Å². The molecular formula is C11H10Cl2N2O3S. The summed E-state index contributed by atoms with van der Waals surface area (Å²) in [6.45, 7) is 0.283. The zero-order valence-corrected chi connectivity index (χ0v) is 12.0. The van der Waals surface area contributed by atoms with E-state index in [1.807, 2.05) is 0 Å². The third-order valence-electron chi connectivity index (χ3n) is 3.34. The van der Waals surface area contributed by atoms with Gasteiger partial charge in [-0.2, -0.15) is 0 Å². The van der Waals surface area contributed by atoms with Crippen LogP contribution in [0, 0.1) is 0 Å². The highest BCUT2D eigenvalue weighted by Crippen LogP contribution is 2.39. The first-order chi connectivity index (χ1) is 8.87. The molecule has 19 heavy (non-hydrogen) atoms. The van der Waals surface area contributed by atoms with Gasteiger partial charge in [-0.3, -0.25) is 4.79 Å². The van der Waals surface area contributed by atoms with Gasteiger partial charge in [-0.05, 0) is 12.1 Å². The Balaban J connectivity index is 2.09. The second-order valence-corrected chi connectivity index (χ2v) is 7.64. The average Bonchev–Trinajstić information content (AvgIpc) is 2.32. The number of carbonyl (C=O) groups is 1. The number of amides is 1. The van der Waals surface area contributed by atoms with Gasteiger partial charge in [0.1, 0.15) is 6.04 Å². The van der Waals surface area contributed by atoms with Gasteiger partial charge in [-0.15, -0.1) is 0 Å². The quantitative estimate of drug-likeness (QED) is 0.787. The van der Waals surface area contributed by atoms with E-state index in [9.17, 15) is 13.2 Å². The summed E-state index contributed by atoms with van der Waals surface area (Å²) < 4.78 is 23.3. The number of hydrogen-bond acceptors (Lipinski definition) is 4. The summed E-state index contributed by atoms with van der Waals surface area (Å²) in [5, 5.41) is 3.41. The van der Waals surface area contributed by atoms with Crippen molar-refractivity contribution in [1.29, 1.82) is 0 Å². The zero-order valence-electron chi connectivity index (χ0n) is 9.69. The predicted molar refractivity (Wildman–Crippen MR) is 74.9 cm³/mol. The molecule has 3 rings (SSSR count). The van der Waals surface area contributed by atoms with Gasteiger partial charge in [0.25, 0.3) is 0 Å². The normalized spacial score (nSPS) is 24.4. The number of fused-ring (bicyclic) bond motifs is 3. The van der Waals surface area contributed by atoms with E-state index in [0.29, 0.717) is 21.4 Å². The molecule has 1 aromatic carbocycles. The first kappa shape index (κ1) is 13.0. The molecular weight excluding hydrogens is 311 g/mol. The van der Waals surface area contributed by atoms with Gasteiger partial charge in [0, 0.05) is 6.54 Å². The third kappa shape index (κ3) is 2.17. The molecule has 1 N–H and O–H groups in total. The summed E-state index contributed by atoms with van der Waals surface area (Å²) in [7, 11) is -3.17. The molecule has 1 aromatic rings. The Kier molecular flexibility index (Phi) is 2.92. The fourth-order valence-electron chi connectivity index (χ4n) is 2.40. The Morgan fingerprint density at radius 3 is 2.68 bits per heavy atom. The molecule has 0 bridgehead atoms. The fraction of sp³-hybridized carbons (Fsp3) is 0.364. The predicted octanol–water partition coefficient (Wildman–Crippen LogP) is 1.55. The van der Waals surface area contributed by atoms with E-state index in [4.69, 9.17) is 23.2 Å². The van der Waals surface area contributed by atoms with Crippen molar-refractivity contribution in [3.05, 3.63) is 22.2 Å². The lowest BCUT2D eigenvalue weighted by Gasteiger charge is -2.40. The minimum atomic E-state index is -3.17. The van der Waals surface area contributed by atoms with Crippen LogP contribution in [-0.4, -0.2) is 38.4 Å². The van der Waals surface area contributed by atoms with Crippen molar-refractivity contribution in [2.24, 2.45) is 0 Å². The average molecular weight is 321 g/mol. The van der Waals surface area contributed by atoms with E-state index in [1.54, 1.807) is 17.0 Å². The summed E-state index contributed by atoms with van der Waals surface area (Å²) in [6, 6.07) is 2.54. The summed E-state index contributed by atoms with van der Waals surface area (Å²) in [4.78, 5) is 13.8. The molecule has 8 heteroatoms. The Hall–Kier alpha value is -0.980. The highest BCUT2D eigenvalue weighted by atomic mass is 35.5. The molecule has 0 spiro atoms. The van der Waals surface area contributed by atoms with Crippen molar-refractivity contribution in [3.63, 3.8) is 0 Å². The van der Waals surface area contributed by atoms with E-state index in [-0.39, 0.29) is 24.0 Å². The smallest absolute Gasteiger partial charge is 0.248 e. The molecule has 5 nitrogen and oxygen atoms in total. The van der Waals surface area contributed by atoms with Gasteiger partial charge in [0.2, 0.25) is 5.91 Å². The zero-order chi connectivity index (χ0) is 13.8. The standard InChI is InChI=1S/C11H10Cl2N2O3S/c12-6-3-8-9(4-7(6)13)15-1-2-19(17,18)5-10(15)11(16)14-8/h3-4,10H,1-2,5H2,(H,14,16). The van der Waals surface area contributed by atoms with Crippen LogP contribution < -0.4 is 10.2 Å². The number of nitrogens with zero attached hydrogens (tertiary/aromatic N) is 1. The maximum atomic E-state index is 12.0. The van der Waals surface area contributed by atoms with Crippen LogP contribution in [0.25, 0.3) is 0 Å².